The number of carbonyl (C=O) groups excluding carboxylic acids is 1. The summed E-state index contributed by atoms with van der Waals surface area (Å²) in [6.45, 7) is 1.07. The van der Waals surface area contributed by atoms with Crippen molar-refractivity contribution in [3.63, 3.8) is 0 Å². The first-order valence-corrected chi connectivity index (χ1v) is 6.42. The maximum absolute atomic E-state index is 12.1. The van der Waals surface area contributed by atoms with E-state index in [9.17, 15) is 13.6 Å². The standard InChI is InChI=1S/C14H18F2N2O2/c1-14(2)10(17)7-11(14)18-12(19)8-4-3-5-9(6-8)20-13(15)16/h3-6,10-11,13H,7,17H2,1-2H3,(H,18,19). The Morgan fingerprint density at radius 2 is 2.20 bits per heavy atom. The third kappa shape index (κ3) is 2.90. The van der Waals surface area contributed by atoms with Crippen LogP contribution in [0.1, 0.15) is 30.6 Å². The topological polar surface area (TPSA) is 64.3 Å². The minimum absolute atomic E-state index is 0.00956. The number of rotatable bonds is 4. The number of halogens is 2. The second-order valence-electron chi connectivity index (χ2n) is 5.60. The maximum atomic E-state index is 12.1. The molecule has 0 saturated heterocycles. The van der Waals surface area contributed by atoms with Gasteiger partial charge >= 0.3 is 6.61 Å². The van der Waals surface area contributed by atoms with Crippen LogP contribution in [0.15, 0.2) is 24.3 Å². The molecule has 1 amide bonds. The van der Waals surface area contributed by atoms with Crippen LogP contribution in [0.5, 0.6) is 5.75 Å². The summed E-state index contributed by atoms with van der Waals surface area (Å²) in [5, 5.41) is 2.87. The van der Waals surface area contributed by atoms with Gasteiger partial charge in [0.15, 0.2) is 0 Å². The molecule has 2 unspecified atom stereocenters. The average molecular weight is 284 g/mol. The monoisotopic (exact) mass is 284 g/mol. The number of alkyl halides is 2. The van der Waals surface area contributed by atoms with E-state index < -0.39 is 6.61 Å². The predicted octanol–water partition coefficient (Wildman–Crippen LogP) is 2.14. The van der Waals surface area contributed by atoms with Crippen LogP contribution in [-0.4, -0.2) is 24.6 Å². The lowest BCUT2D eigenvalue weighted by molar-refractivity contribution is -0.0498. The van der Waals surface area contributed by atoms with Crippen molar-refractivity contribution < 1.29 is 18.3 Å². The number of carbonyl (C=O) groups is 1. The molecule has 0 bridgehead atoms. The summed E-state index contributed by atoms with van der Waals surface area (Å²) in [7, 11) is 0. The van der Waals surface area contributed by atoms with E-state index in [0.717, 1.165) is 0 Å². The Balaban J connectivity index is 2.03. The van der Waals surface area contributed by atoms with Gasteiger partial charge in [-0.05, 0) is 24.6 Å². The number of hydrogen-bond acceptors (Lipinski definition) is 3. The smallest absolute Gasteiger partial charge is 0.387 e. The van der Waals surface area contributed by atoms with E-state index in [1.165, 1.54) is 18.2 Å². The van der Waals surface area contributed by atoms with Gasteiger partial charge in [0.1, 0.15) is 5.75 Å². The molecule has 1 aromatic rings. The van der Waals surface area contributed by atoms with Crippen molar-refractivity contribution in [1.82, 2.24) is 5.32 Å². The molecule has 1 aliphatic rings. The highest BCUT2D eigenvalue weighted by Crippen LogP contribution is 2.39. The maximum Gasteiger partial charge on any atom is 0.387 e. The fourth-order valence-corrected chi connectivity index (χ4v) is 2.26. The van der Waals surface area contributed by atoms with Crippen molar-refractivity contribution in [3.05, 3.63) is 29.8 Å². The molecule has 1 aliphatic carbocycles. The van der Waals surface area contributed by atoms with Crippen molar-refractivity contribution in [2.45, 2.75) is 39.0 Å². The van der Waals surface area contributed by atoms with Gasteiger partial charge in [0.2, 0.25) is 0 Å². The first-order chi connectivity index (χ1) is 9.30. The summed E-state index contributed by atoms with van der Waals surface area (Å²) in [5.41, 5.74) is 6.02. The van der Waals surface area contributed by atoms with E-state index in [1.54, 1.807) is 6.07 Å². The Labute approximate surface area is 116 Å². The molecule has 1 fully saturated rings. The lowest BCUT2D eigenvalue weighted by atomic mass is 9.63. The second-order valence-corrected chi connectivity index (χ2v) is 5.60. The highest BCUT2D eigenvalue weighted by atomic mass is 19.3. The first kappa shape index (κ1) is 14.7. The van der Waals surface area contributed by atoms with E-state index in [-0.39, 0.29) is 29.2 Å². The van der Waals surface area contributed by atoms with Crippen molar-refractivity contribution in [1.29, 1.82) is 0 Å². The third-order valence-corrected chi connectivity index (χ3v) is 3.97. The summed E-state index contributed by atoms with van der Waals surface area (Å²) in [5.74, 6) is -0.341. The molecule has 2 atom stereocenters. The molecular formula is C14H18F2N2O2. The number of amides is 1. The van der Waals surface area contributed by atoms with Gasteiger partial charge in [0, 0.05) is 23.1 Å². The third-order valence-electron chi connectivity index (χ3n) is 3.97. The van der Waals surface area contributed by atoms with Gasteiger partial charge in [-0.15, -0.1) is 0 Å². The molecule has 0 radical (unpaired) electrons. The van der Waals surface area contributed by atoms with E-state index >= 15 is 0 Å². The van der Waals surface area contributed by atoms with E-state index in [4.69, 9.17) is 5.73 Å². The van der Waals surface area contributed by atoms with Crippen LogP contribution in [0.2, 0.25) is 0 Å². The summed E-state index contributed by atoms with van der Waals surface area (Å²) in [6, 6.07) is 5.79. The fraction of sp³-hybridized carbons (Fsp3) is 0.500. The Morgan fingerprint density at radius 1 is 1.50 bits per heavy atom. The Hall–Kier alpha value is -1.69. The lowest BCUT2D eigenvalue weighted by Crippen LogP contribution is -2.64. The van der Waals surface area contributed by atoms with Gasteiger partial charge in [-0.25, -0.2) is 0 Å². The zero-order valence-electron chi connectivity index (χ0n) is 11.4. The van der Waals surface area contributed by atoms with E-state index in [1.807, 2.05) is 13.8 Å². The molecule has 2 rings (SSSR count). The van der Waals surface area contributed by atoms with Gasteiger partial charge in [0.05, 0.1) is 0 Å². The molecule has 20 heavy (non-hydrogen) atoms. The number of benzene rings is 1. The summed E-state index contributed by atoms with van der Waals surface area (Å²) in [6.07, 6.45) is 0.714. The number of nitrogens with two attached hydrogens (primary N) is 1. The normalized spacial score (nSPS) is 24.1. The zero-order valence-corrected chi connectivity index (χ0v) is 11.4. The quantitative estimate of drug-likeness (QED) is 0.890. The van der Waals surface area contributed by atoms with Crippen LogP contribution in [0.25, 0.3) is 0 Å². The Bertz CT molecular complexity index is 506. The summed E-state index contributed by atoms with van der Waals surface area (Å²) >= 11 is 0. The number of nitrogens with one attached hydrogen (secondary N) is 1. The van der Waals surface area contributed by atoms with Crippen LogP contribution >= 0.6 is 0 Å². The van der Waals surface area contributed by atoms with Gasteiger partial charge in [-0.2, -0.15) is 8.78 Å². The largest absolute Gasteiger partial charge is 0.435 e. The number of ether oxygens (including phenoxy) is 1. The molecule has 1 aromatic carbocycles. The minimum atomic E-state index is -2.91. The van der Waals surface area contributed by atoms with Crippen molar-refractivity contribution >= 4 is 5.91 Å². The molecule has 0 aliphatic heterocycles. The zero-order chi connectivity index (χ0) is 14.9. The van der Waals surface area contributed by atoms with Crippen molar-refractivity contribution in [2.24, 2.45) is 11.1 Å². The fourth-order valence-electron chi connectivity index (χ4n) is 2.26. The Kier molecular flexibility index (Phi) is 3.94. The first-order valence-electron chi connectivity index (χ1n) is 6.42. The number of hydrogen-bond donors (Lipinski definition) is 2. The molecule has 4 nitrogen and oxygen atoms in total. The van der Waals surface area contributed by atoms with Crippen LogP contribution in [0, 0.1) is 5.41 Å². The average Bonchev–Trinajstić information content (AvgIpc) is 2.37. The molecule has 1 saturated carbocycles. The molecule has 0 heterocycles. The van der Waals surface area contributed by atoms with Gasteiger partial charge < -0.3 is 15.8 Å². The van der Waals surface area contributed by atoms with Crippen LogP contribution in [0.4, 0.5) is 8.78 Å². The summed E-state index contributed by atoms with van der Waals surface area (Å²) < 4.78 is 28.5. The second kappa shape index (κ2) is 5.36. The summed E-state index contributed by atoms with van der Waals surface area (Å²) in [4.78, 5) is 12.1. The molecule has 0 aromatic heterocycles. The van der Waals surface area contributed by atoms with Crippen LogP contribution in [0.3, 0.4) is 0 Å². The van der Waals surface area contributed by atoms with Crippen molar-refractivity contribution in [3.8, 4) is 5.75 Å². The van der Waals surface area contributed by atoms with Crippen molar-refractivity contribution in [2.75, 3.05) is 0 Å². The van der Waals surface area contributed by atoms with E-state index in [0.29, 0.717) is 12.0 Å². The highest BCUT2D eigenvalue weighted by molar-refractivity contribution is 5.94. The molecular weight excluding hydrogens is 266 g/mol. The highest BCUT2D eigenvalue weighted by Gasteiger charge is 2.46. The lowest BCUT2D eigenvalue weighted by Gasteiger charge is -2.50. The minimum Gasteiger partial charge on any atom is -0.435 e. The Morgan fingerprint density at radius 3 is 2.75 bits per heavy atom. The van der Waals surface area contributed by atoms with Gasteiger partial charge in [-0.1, -0.05) is 19.9 Å². The van der Waals surface area contributed by atoms with E-state index in [2.05, 4.69) is 10.1 Å². The molecule has 6 heteroatoms. The van der Waals surface area contributed by atoms with Crippen LogP contribution < -0.4 is 15.8 Å². The van der Waals surface area contributed by atoms with Crippen LogP contribution in [-0.2, 0) is 0 Å². The van der Waals surface area contributed by atoms with Gasteiger partial charge in [0.25, 0.3) is 5.91 Å². The predicted molar refractivity (Wildman–Crippen MR) is 70.7 cm³/mol. The molecule has 0 spiro atoms. The molecule has 110 valence electrons. The van der Waals surface area contributed by atoms with Gasteiger partial charge in [-0.3, -0.25) is 4.79 Å². The SMILES string of the molecule is CC1(C)C(N)CC1NC(=O)c1cccc(OC(F)F)c1. The molecule has 3 N–H and O–H groups in total.